The summed E-state index contributed by atoms with van der Waals surface area (Å²) in [6.07, 6.45) is 0. The summed E-state index contributed by atoms with van der Waals surface area (Å²) in [5.41, 5.74) is 8.64. The molecule has 0 spiro atoms. The van der Waals surface area contributed by atoms with Gasteiger partial charge in [0.25, 0.3) is 0 Å². The SMILES string of the molecule is CC1=C(C)C(C)([Si](C)(c2cccc(C)c2)c2cc(C)cc(C)c2)[C]([Ti+3])=C1C.[Cl-].[Cl-].[Cl-]. The van der Waals surface area contributed by atoms with Crippen LogP contribution in [-0.2, 0) is 20.4 Å². The van der Waals surface area contributed by atoms with Gasteiger partial charge in [-0.25, -0.2) is 0 Å². The third kappa shape index (κ3) is 4.45. The molecule has 1 aliphatic carbocycles. The fraction of sp³-hybridized carbons (Fsp3) is 0.360. The van der Waals surface area contributed by atoms with E-state index in [1.807, 2.05) is 0 Å². The molecule has 0 aliphatic heterocycles. The van der Waals surface area contributed by atoms with Crippen LogP contribution in [-0.4, -0.2) is 8.07 Å². The number of hydrogen-bond donors (Lipinski definition) is 0. The molecular formula is C25H31Cl3SiTi. The van der Waals surface area contributed by atoms with E-state index in [9.17, 15) is 0 Å². The Morgan fingerprint density at radius 3 is 1.63 bits per heavy atom. The van der Waals surface area contributed by atoms with Crippen LogP contribution >= 0.6 is 0 Å². The van der Waals surface area contributed by atoms with Crippen molar-refractivity contribution in [3.63, 3.8) is 0 Å². The van der Waals surface area contributed by atoms with Crippen molar-refractivity contribution in [3.05, 3.63) is 79.8 Å². The molecule has 2 aromatic rings. The fourth-order valence-corrected chi connectivity index (χ4v) is 11.8. The van der Waals surface area contributed by atoms with Crippen LogP contribution in [0.5, 0.6) is 0 Å². The maximum absolute atomic E-state index is 2.59. The molecule has 0 nitrogen and oxygen atoms in total. The third-order valence-corrected chi connectivity index (χ3v) is 14.4. The summed E-state index contributed by atoms with van der Waals surface area (Å²) in [6.45, 7) is 18.8. The van der Waals surface area contributed by atoms with Gasteiger partial charge in [0.1, 0.15) is 0 Å². The van der Waals surface area contributed by atoms with Crippen LogP contribution in [0.3, 0.4) is 0 Å². The summed E-state index contributed by atoms with van der Waals surface area (Å²) < 4.78 is 1.56. The zero-order valence-electron chi connectivity index (χ0n) is 19.2. The van der Waals surface area contributed by atoms with E-state index >= 15 is 0 Å². The van der Waals surface area contributed by atoms with Crippen molar-refractivity contribution in [1.29, 1.82) is 0 Å². The van der Waals surface area contributed by atoms with E-state index in [1.165, 1.54) is 33.0 Å². The van der Waals surface area contributed by atoms with E-state index in [1.54, 1.807) is 14.6 Å². The first kappa shape index (κ1) is 29.7. The van der Waals surface area contributed by atoms with Crippen LogP contribution < -0.4 is 47.6 Å². The Morgan fingerprint density at radius 2 is 1.20 bits per heavy atom. The van der Waals surface area contributed by atoms with Gasteiger partial charge in [-0.05, 0) is 0 Å². The number of benzene rings is 2. The molecule has 2 unspecified atom stereocenters. The molecule has 1 aliphatic rings. The van der Waals surface area contributed by atoms with Crippen molar-refractivity contribution >= 4 is 18.4 Å². The van der Waals surface area contributed by atoms with Crippen LogP contribution in [0.2, 0.25) is 11.6 Å². The maximum atomic E-state index is 2.59. The van der Waals surface area contributed by atoms with Gasteiger partial charge in [0.05, 0.1) is 0 Å². The zero-order valence-corrected chi connectivity index (χ0v) is 24.0. The smallest absolute Gasteiger partial charge is 1.00 e. The Labute approximate surface area is 214 Å². The van der Waals surface area contributed by atoms with Gasteiger partial charge in [0.2, 0.25) is 0 Å². The molecule has 3 rings (SSSR count). The van der Waals surface area contributed by atoms with Crippen molar-refractivity contribution < 1.29 is 57.7 Å². The van der Waals surface area contributed by atoms with Crippen molar-refractivity contribution in [2.45, 2.75) is 60.1 Å². The molecule has 0 saturated heterocycles. The Morgan fingerprint density at radius 1 is 0.700 bits per heavy atom. The molecule has 0 bridgehead atoms. The van der Waals surface area contributed by atoms with E-state index in [4.69, 9.17) is 0 Å². The Hall–Kier alpha value is -0.279. The van der Waals surface area contributed by atoms with E-state index in [0.717, 1.165) is 0 Å². The molecule has 2 atom stereocenters. The molecule has 0 fully saturated rings. The summed E-state index contributed by atoms with van der Waals surface area (Å²) in [6, 6.07) is 16.5. The average molecular weight is 514 g/mol. The average Bonchev–Trinajstić information content (AvgIpc) is 2.76. The summed E-state index contributed by atoms with van der Waals surface area (Å²) in [5, 5.41) is 3.18. The van der Waals surface area contributed by atoms with E-state index in [2.05, 4.69) is 118 Å². The van der Waals surface area contributed by atoms with Crippen LogP contribution in [0.4, 0.5) is 0 Å². The van der Waals surface area contributed by atoms with Gasteiger partial charge in [0, 0.05) is 0 Å². The number of hydrogen-bond acceptors (Lipinski definition) is 0. The standard InChI is InChI=1S/C25H31Si.3ClH.Ti/c1-17-10-9-11-23(13-17)26(8,24-14-18(2)12-19(3)15-24)25(7)16-20(4)21(5)22(25)6;;;;/h9-15H,1-8H3;3*1H;/q;;;;+3/p-3. The van der Waals surface area contributed by atoms with Crippen molar-refractivity contribution in [3.8, 4) is 0 Å². The normalized spacial score (nSPS) is 20.2. The van der Waals surface area contributed by atoms with Crippen LogP contribution in [0.1, 0.15) is 44.4 Å². The topological polar surface area (TPSA) is 0 Å². The first-order valence-corrected chi connectivity index (χ1v) is 13.1. The van der Waals surface area contributed by atoms with Gasteiger partial charge in [0.15, 0.2) is 0 Å². The monoisotopic (exact) mass is 512 g/mol. The summed E-state index contributed by atoms with van der Waals surface area (Å²) in [7, 11) is -2.11. The van der Waals surface area contributed by atoms with E-state index < -0.39 is 8.07 Å². The first-order valence-electron chi connectivity index (χ1n) is 9.80. The second-order valence-electron chi connectivity index (χ2n) is 8.75. The quantitative estimate of drug-likeness (QED) is 0.379. The summed E-state index contributed by atoms with van der Waals surface area (Å²) in [4.78, 5) is 0. The van der Waals surface area contributed by atoms with Gasteiger partial charge in [-0.1, -0.05) is 0 Å². The second kappa shape index (κ2) is 10.6. The zero-order chi connectivity index (χ0) is 20.1. The van der Waals surface area contributed by atoms with Gasteiger partial charge >= 0.3 is 179 Å². The predicted octanol–water partition coefficient (Wildman–Crippen LogP) is -3.25. The molecule has 0 saturated carbocycles. The minimum Gasteiger partial charge on any atom is -1.00 e. The van der Waals surface area contributed by atoms with Crippen molar-refractivity contribution in [1.82, 2.24) is 0 Å². The van der Waals surface area contributed by atoms with Crippen molar-refractivity contribution in [2.75, 3.05) is 0 Å². The molecule has 0 amide bonds. The molecule has 0 N–H and O–H groups in total. The van der Waals surface area contributed by atoms with Crippen molar-refractivity contribution in [2.24, 2.45) is 0 Å². The number of rotatable bonds is 3. The molecule has 160 valence electrons. The Kier molecular flexibility index (Phi) is 10.5. The Balaban J connectivity index is 0.00000280. The molecule has 5 heteroatoms. The number of allylic oxidation sites excluding steroid dienone is 4. The van der Waals surface area contributed by atoms with E-state index in [-0.39, 0.29) is 42.3 Å². The molecular weight excluding hydrogens is 483 g/mol. The molecule has 2 aromatic carbocycles. The molecule has 0 radical (unpaired) electrons. The fourth-order valence-electron chi connectivity index (χ4n) is 4.99. The number of halogens is 3. The molecule has 0 aromatic heterocycles. The Bertz CT molecular complexity index is 949. The summed E-state index contributed by atoms with van der Waals surface area (Å²) in [5.74, 6) is 0. The third-order valence-electron chi connectivity index (χ3n) is 7.14. The number of aryl methyl sites for hydroxylation is 3. The van der Waals surface area contributed by atoms with Crippen LogP contribution in [0, 0.1) is 20.8 Å². The predicted molar refractivity (Wildman–Crippen MR) is 117 cm³/mol. The van der Waals surface area contributed by atoms with Gasteiger partial charge < -0.3 is 37.2 Å². The van der Waals surface area contributed by atoms with E-state index in [0.29, 0.717) is 0 Å². The van der Waals surface area contributed by atoms with Crippen LogP contribution in [0.25, 0.3) is 0 Å². The van der Waals surface area contributed by atoms with Crippen LogP contribution in [0.15, 0.2) is 63.1 Å². The largest absolute Gasteiger partial charge is 1.00 e. The minimum absolute atomic E-state index is 0. The first-order chi connectivity index (χ1) is 12.5. The molecule has 30 heavy (non-hydrogen) atoms. The van der Waals surface area contributed by atoms with Gasteiger partial charge in [-0.2, -0.15) is 0 Å². The summed E-state index contributed by atoms with van der Waals surface area (Å²) >= 11 is 2.37. The molecule has 0 heterocycles. The minimum atomic E-state index is -2.11. The second-order valence-corrected chi connectivity index (χ2v) is 13.9. The van der Waals surface area contributed by atoms with Gasteiger partial charge in [-0.15, -0.1) is 0 Å². The maximum Gasteiger partial charge on any atom is -1.00 e. The van der Waals surface area contributed by atoms with Gasteiger partial charge in [-0.3, -0.25) is 0 Å².